The van der Waals surface area contributed by atoms with Crippen LogP contribution in [-0.2, 0) is 6.54 Å². The molecule has 2 saturated carbocycles. The molecule has 0 bridgehead atoms. The lowest BCUT2D eigenvalue weighted by molar-refractivity contribution is 0.0729. The minimum Gasteiger partial charge on any atom is -0.493 e. The number of nitrogens with one attached hydrogen (secondary N) is 1. The number of methoxy groups -OCH3 is 1. The number of rotatable bonds is 13. The lowest BCUT2D eigenvalue weighted by Gasteiger charge is -2.23. The van der Waals surface area contributed by atoms with Crippen molar-refractivity contribution >= 4 is 11.8 Å². The van der Waals surface area contributed by atoms with Crippen LogP contribution in [0.25, 0.3) is 0 Å². The van der Waals surface area contributed by atoms with Crippen LogP contribution in [0.1, 0.15) is 84.6 Å². The summed E-state index contributed by atoms with van der Waals surface area (Å²) < 4.78 is 11.4. The molecule has 2 aromatic rings. The van der Waals surface area contributed by atoms with E-state index >= 15 is 0 Å². The third kappa shape index (κ3) is 6.52. The quantitative estimate of drug-likeness (QED) is 0.406. The van der Waals surface area contributed by atoms with Crippen molar-refractivity contribution in [3.05, 3.63) is 59.2 Å². The van der Waals surface area contributed by atoms with Crippen molar-refractivity contribution < 1.29 is 19.1 Å². The van der Waals surface area contributed by atoms with Gasteiger partial charge in [-0.05, 0) is 68.0 Å². The molecule has 0 saturated heterocycles. The fraction of sp³-hybridized carbons (Fsp3) is 0.500. The van der Waals surface area contributed by atoms with Gasteiger partial charge in [-0.3, -0.25) is 9.59 Å². The topological polar surface area (TPSA) is 67.9 Å². The molecule has 0 aromatic heterocycles. The van der Waals surface area contributed by atoms with E-state index in [0.717, 1.165) is 44.1 Å². The minimum atomic E-state index is -0.0241. The number of ether oxygens (including phenoxy) is 2. The lowest BCUT2D eigenvalue weighted by atomic mass is 10.1. The summed E-state index contributed by atoms with van der Waals surface area (Å²) in [6.07, 6.45) is 8.73. The standard InChI is InChI=1S/C28H36N2O4/c1-3-4-5-6-17-34-25-16-11-22(18-26(25)33-2)28(32)30(24-14-15-24)19-20-7-9-21(10-8-20)27(31)29-23-12-13-23/h7-11,16,18,23-24H,3-6,12-15,17,19H2,1-2H3,(H,29,31). The summed E-state index contributed by atoms with van der Waals surface area (Å²) in [6, 6.07) is 13.6. The number of unbranched alkanes of at least 4 members (excludes halogenated alkanes) is 3. The van der Waals surface area contributed by atoms with Gasteiger partial charge in [0.15, 0.2) is 11.5 Å². The van der Waals surface area contributed by atoms with Crippen LogP contribution in [0.15, 0.2) is 42.5 Å². The molecule has 0 spiro atoms. The molecule has 1 N–H and O–H groups in total. The lowest BCUT2D eigenvalue weighted by Crippen LogP contribution is -2.32. The molecule has 6 heteroatoms. The fourth-order valence-electron chi connectivity index (χ4n) is 4.00. The SMILES string of the molecule is CCCCCCOc1ccc(C(=O)N(Cc2ccc(C(=O)NC3CC3)cc2)C2CC2)cc1OC. The highest BCUT2D eigenvalue weighted by Gasteiger charge is 2.33. The molecule has 2 aromatic carbocycles. The van der Waals surface area contributed by atoms with Gasteiger partial charge in [0.1, 0.15) is 0 Å². The average molecular weight is 465 g/mol. The Morgan fingerprint density at radius 2 is 1.68 bits per heavy atom. The third-order valence-corrected chi connectivity index (χ3v) is 6.40. The smallest absolute Gasteiger partial charge is 0.254 e. The van der Waals surface area contributed by atoms with Crippen LogP contribution in [-0.4, -0.2) is 42.5 Å². The first kappa shape index (κ1) is 24.1. The molecule has 0 aliphatic heterocycles. The second-order valence-electron chi connectivity index (χ2n) is 9.38. The van der Waals surface area contributed by atoms with E-state index in [0.29, 0.717) is 41.8 Å². The van der Waals surface area contributed by atoms with Crippen LogP contribution in [0.2, 0.25) is 0 Å². The molecule has 4 rings (SSSR count). The molecule has 2 aliphatic carbocycles. The molecule has 0 atom stereocenters. The molecule has 0 heterocycles. The van der Waals surface area contributed by atoms with Crippen molar-refractivity contribution in [1.82, 2.24) is 10.2 Å². The van der Waals surface area contributed by atoms with Gasteiger partial charge in [-0.15, -0.1) is 0 Å². The van der Waals surface area contributed by atoms with Gasteiger partial charge < -0.3 is 19.7 Å². The second kappa shape index (κ2) is 11.4. The Morgan fingerprint density at radius 1 is 0.941 bits per heavy atom. The molecule has 182 valence electrons. The van der Waals surface area contributed by atoms with Gasteiger partial charge in [0.05, 0.1) is 13.7 Å². The van der Waals surface area contributed by atoms with E-state index in [1.54, 1.807) is 13.2 Å². The highest BCUT2D eigenvalue weighted by Crippen LogP contribution is 2.33. The normalized spacial score (nSPS) is 15.0. The first-order chi connectivity index (χ1) is 16.6. The third-order valence-electron chi connectivity index (χ3n) is 6.40. The molecule has 2 amide bonds. The van der Waals surface area contributed by atoms with E-state index < -0.39 is 0 Å². The van der Waals surface area contributed by atoms with Crippen LogP contribution >= 0.6 is 0 Å². The van der Waals surface area contributed by atoms with Crippen molar-refractivity contribution in [2.45, 2.75) is 76.9 Å². The van der Waals surface area contributed by atoms with E-state index in [2.05, 4.69) is 12.2 Å². The zero-order valence-electron chi connectivity index (χ0n) is 20.3. The van der Waals surface area contributed by atoms with Gasteiger partial charge in [-0.25, -0.2) is 0 Å². The number of hydrogen-bond donors (Lipinski definition) is 1. The Hall–Kier alpha value is -3.02. The predicted octanol–water partition coefficient (Wildman–Crippen LogP) is 5.35. The zero-order chi connectivity index (χ0) is 23.9. The van der Waals surface area contributed by atoms with E-state index in [1.807, 2.05) is 41.3 Å². The minimum absolute atomic E-state index is 0.00847. The Kier molecular flexibility index (Phi) is 8.09. The highest BCUT2D eigenvalue weighted by atomic mass is 16.5. The van der Waals surface area contributed by atoms with Crippen molar-refractivity contribution in [2.24, 2.45) is 0 Å². The second-order valence-corrected chi connectivity index (χ2v) is 9.38. The molecule has 0 radical (unpaired) electrons. The van der Waals surface area contributed by atoms with Crippen LogP contribution in [0, 0.1) is 0 Å². The van der Waals surface area contributed by atoms with E-state index in [-0.39, 0.29) is 17.9 Å². The average Bonchev–Trinajstić information content (AvgIpc) is 3.78. The Morgan fingerprint density at radius 3 is 2.32 bits per heavy atom. The van der Waals surface area contributed by atoms with Crippen molar-refractivity contribution in [3.8, 4) is 11.5 Å². The summed E-state index contributed by atoms with van der Waals surface area (Å²) in [5.74, 6) is 1.23. The number of hydrogen-bond acceptors (Lipinski definition) is 4. The number of nitrogens with zero attached hydrogens (tertiary/aromatic N) is 1. The fourth-order valence-corrected chi connectivity index (χ4v) is 4.00. The molecule has 34 heavy (non-hydrogen) atoms. The summed E-state index contributed by atoms with van der Waals surface area (Å²) in [6.45, 7) is 3.35. The Bertz CT molecular complexity index is 980. The Labute approximate surface area is 202 Å². The monoisotopic (exact) mass is 464 g/mol. The van der Waals surface area contributed by atoms with Gasteiger partial charge >= 0.3 is 0 Å². The number of carbonyl (C=O) groups excluding carboxylic acids is 2. The summed E-state index contributed by atoms with van der Waals surface area (Å²) in [5.41, 5.74) is 2.28. The maximum absolute atomic E-state index is 13.4. The van der Waals surface area contributed by atoms with Crippen LogP contribution in [0.5, 0.6) is 11.5 Å². The van der Waals surface area contributed by atoms with Crippen LogP contribution < -0.4 is 14.8 Å². The Balaban J connectivity index is 1.39. The predicted molar refractivity (Wildman–Crippen MR) is 132 cm³/mol. The first-order valence-electron chi connectivity index (χ1n) is 12.6. The highest BCUT2D eigenvalue weighted by molar-refractivity contribution is 5.96. The summed E-state index contributed by atoms with van der Waals surface area (Å²) >= 11 is 0. The molecule has 2 aliphatic rings. The maximum atomic E-state index is 13.4. The van der Waals surface area contributed by atoms with Crippen molar-refractivity contribution in [1.29, 1.82) is 0 Å². The van der Waals surface area contributed by atoms with Crippen LogP contribution in [0.3, 0.4) is 0 Å². The van der Waals surface area contributed by atoms with Gasteiger partial charge in [-0.2, -0.15) is 0 Å². The molecule has 2 fully saturated rings. The van der Waals surface area contributed by atoms with Crippen molar-refractivity contribution in [3.63, 3.8) is 0 Å². The molecular formula is C28H36N2O4. The first-order valence-corrected chi connectivity index (χ1v) is 12.6. The van der Waals surface area contributed by atoms with E-state index in [1.165, 1.54) is 12.8 Å². The summed E-state index contributed by atoms with van der Waals surface area (Å²) in [7, 11) is 1.60. The summed E-state index contributed by atoms with van der Waals surface area (Å²) in [5, 5.41) is 3.01. The summed E-state index contributed by atoms with van der Waals surface area (Å²) in [4.78, 5) is 27.6. The van der Waals surface area contributed by atoms with Gasteiger partial charge in [-0.1, -0.05) is 38.3 Å². The van der Waals surface area contributed by atoms with E-state index in [4.69, 9.17) is 9.47 Å². The van der Waals surface area contributed by atoms with Gasteiger partial charge in [0.25, 0.3) is 11.8 Å². The maximum Gasteiger partial charge on any atom is 0.254 e. The largest absolute Gasteiger partial charge is 0.493 e. The molecule has 0 unspecified atom stereocenters. The zero-order valence-corrected chi connectivity index (χ0v) is 20.3. The van der Waals surface area contributed by atoms with Gasteiger partial charge in [0.2, 0.25) is 0 Å². The number of benzene rings is 2. The molecule has 6 nitrogen and oxygen atoms in total. The number of carbonyl (C=O) groups is 2. The molecular weight excluding hydrogens is 428 g/mol. The van der Waals surface area contributed by atoms with Gasteiger partial charge in [0, 0.05) is 29.8 Å². The number of amides is 2. The van der Waals surface area contributed by atoms with Crippen LogP contribution in [0.4, 0.5) is 0 Å². The van der Waals surface area contributed by atoms with E-state index in [9.17, 15) is 9.59 Å². The van der Waals surface area contributed by atoms with Crippen molar-refractivity contribution in [2.75, 3.05) is 13.7 Å².